The first kappa shape index (κ1) is 15.9. The van der Waals surface area contributed by atoms with Crippen LogP contribution in [0.5, 0.6) is 0 Å². The van der Waals surface area contributed by atoms with E-state index in [-0.39, 0.29) is 5.75 Å². The van der Waals surface area contributed by atoms with Gasteiger partial charge in [-0.3, -0.25) is 4.79 Å². The maximum absolute atomic E-state index is 12.1. The first-order valence-corrected chi connectivity index (χ1v) is 7.97. The molecule has 0 aromatic heterocycles. The summed E-state index contributed by atoms with van der Waals surface area (Å²) in [4.78, 5) is 24.3. The Morgan fingerprint density at radius 1 is 1.47 bits per heavy atom. The predicted molar refractivity (Wildman–Crippen MR) is 69.0 cm³/mol. The first-order valence-electron chi connectivity index (χ1n) is 6.31. The minimum Gasteiger partial charge on any atom is -0.480 e. The van der Waals surface area contributed by atoms with E-state index in [4.69, 9.17) is 5.11 Å². The van der Waals surface area contributed by atoms with Crippen molar-refractivity contribution >= 4 is 21.9 Å². The summed E-state index contributed by atoms with van der Waals surface area (Å²) in [6, 6.07) is -1.78. The zero-order valence-corrected chi connectivity index (χ0v) is 11.9. The second-order valence-corrected chi connectivity index (χ2v) is 6.56. The molecule has 1 aliphatic heterocycles. The van der Waals surface area contributed by atoms with Crippen molar-refractivity contribution in [2.45, 2.75) is 45.2 Å². The molecule has 1 amide bonds. The van der Waals surface area contributed by atoms with Gasteiger partial charge in [0.1, 0.15) is 6.04 Å². The Morgan fingerprint density at radius 3 is 2.63 bits per heavy atom. The molecule has 1 unspecified atom stereocenters. The monoisotopic (exact) mass is 292 g/mol. The lowest BCUT2D eigenvalue weighted by Crippen LogP contribution is -2.50. The van der Waals surface area contributed by atoms with Gasteiger partial charge in [0.15, 0.2) is 0 Å². The molecule has 1 aliphatic rings. The Labute approximate surface area is 113 Å². The van der Waals surface area contributed by atoms with E-state index in [1.807, 2.05) is 0 Å². The Kier molecular flexibility index (Phi) is 5.30. The average molecular weight is 292 g/mol. The van der Waals surface area contributed by atoms with Crippen molar-refractivity contribution in [3.63, 3.8) is 0 Å². The molecular formula is C11H20N2O5S. The van der Waals surface area contributed by atoms with Crippen LogP contribution in [0.1, 0.15) is 33.1 Å². The Bertz CT molecular complexity index is 448. The summed E-state index contributed by atoms with van der Waals surface area (Å²) in [5.74, 6) is -1.58. The molecule has 7 nitrogen and oxygen atoms in total. The molecule has 19 heavy (non-hydrogen) atoms. The van der Waals surface area contributed by atoms with Gasteiger partial charge in [-0.1, -0.05) is 6.92 Å². The molecule has 2 atom stereocenters. The van der Waals surface area contributed by atoms with Crippen molar-refractivity contribution in [3.8, 4) is 0 Å². The van der Waals surface area contributed by atoms with Gasteiger partial charge in [-0.15, -0.1) is 0 Å². The first-order chi connectivity index (χ1) is 8.78. The highest BCUT2D eigenvalue weighted by Crippen LogP contribution is 2.18. The SMILES string of the molecule is CCCS(=O)(=O)NC(C)C(=O)N1CCC[C@@H]1C(=O)O. The lowest BCUT2D eigenvalue weighted by Gasteiger charge is -2.25. The molecule has 8 heteroatoms. The van der Waals surface area contributed by atoms with Crippen LogP contribution in [0.2, 0.25) is 0 Å². The van der Waals surface area contributed by atoms with Crippen molar-refractivity contribution in [2.24, 2.45) is 0 Å². The highest BCUT2D eigenvalue weighted by molar-refractivity contribution is 7.89. The number of carboxylic acids is 1. The second-order valence-electron chi connectivity index (χ2n) is 4.69. The third-order valence-corrected chi connectivity index (χ3v) is 4.68. The molecule has 1 fully saturated rings. The molecule has 1 heterocycles. The van der Waals surface area contributed by atoms with Crippen LogP contribution in [0.25, 0.3) is 0 Å². The van der Waals surface area contributed by atoms with Crippen molar-refractivity contribution in [2.75, 3.05) is 12.3 Å². The average Bonchev–Trinajstić information content (AvgIpc) is 2.75. The van der Waals surface area contributed by atoms with Crippen molar-refractivity contribution in [1.29, 1.82) is 0 Å². The van der Waals surface area contributed by atoms with Gasteiger partial charge in [0.2, 0.25) is 15.9 Å². The molecular weight excluding hydrogens is 272 g/mol. The highest BCUT2D eigenvalue weighted by atomic mass is 32.2. The number of nitrogens with zero attached hydrogens (tertiary/aromatic N) is 1. The van der Waals surface area contributed by atoms with Gasteiger partial charge in [-0.25, -0.2) is 17.9 Å². The quantitative estimate of drug-likeness (QED) is 0.704. The Hall–Kier alpha value is -1.15. The molecule has 110 valence electrons. The number of likely N-dealkylation sites (tertiary alicyclic amines) is 1. The number of rotatable bonds is 6. The summed E-state index contributed by atoms with van der Waals surface area (Å²) in [6.45, 7) is 3.52. The largest absolute Gasteiger partial charge is 0.480 e. The molecule has 0 radical (unpaired) electrons. The molecule has 0 aromatic rings. The fourth-order valence-corrected chi connectivity index (χ4v) is 3.48. The standard InChI is InChI=1S/C11H20N2O5S/c1-3-7-19(17,18)12-8(2)10(14)13-6-4-5-9(13)11(15)16/h8-9,12H,3-7H2,1-2H3,(H,15,16)/t8?,9-/m1/s1. The van der Waals surface area contributed by atoms with Gasteiger partial charge >= 0.3 is 5.97 Å². The van der Waals surface area contributed by atoms with Crippen molar-refractivity contribution in [3.05, 3.63) is 0 Å². The number of hydrogen-bond acceptors (Lipinski definition) is 4. The summed E-state index contributed by atoms with van der Waals surface area (Å²) >= 11 is 0. The number of aliphatic carboxylic acids is 1. The van der Waals surface area contributed by atoms with Gasteiger partial charge in [0.25, 0.3) is 0 Å². The van der Waals surface area contributed by atoms with Crippen LogP contribution in [0.3, 0.4) is 0 Å². The normalized spacial score (nSPS) is 21.4. The molecule has 0 spiro atoms. The minimum absolute atomic E-state index is 0.0486. The van der Waals surface area contributed by atoms with Gasteiger partial charge in [-0.2, -0.15) is 0 Å². The van der Waals surface area contributed by atoms with Crippen LogP contribution in [-0.4, -0.2) is 54.7 Å². The number of carbonyl (C=O) groups is 2. The van der Waals surface area contributed by atoms with Gasteiger partial charge in [0.05, 0.1) is 11.8 Å². The van der Waals surface area contributed by atoms with E-state index in [0.717, 1.165) is 0 Å². The summed E-state index contributed by atoms with van der Waals surface area (Å²) < 4.78 is 25.4. The third-order valence-electron chi connectivity index (χ3n) is 3.02. The number of carboxylic acid groups (broad SMARTS) is 1. The molecule has 0 saturated carbocycles. The van der Waals surface area contributed by atoms with E-state index in [2.05, 4.69) is 4.72 Å². The van der Waals surface area contributed by atoms with E-state index >= 15 is 0 Å². The smallest absolute Gasteiger partial charge is 0.326 e. The summed E-state index contributed by atoms with van der Waals surface area (Å²) in [6.07, 6.45) is 1.49. The maximum Gasteiger partial charge on any atom is 0.326 e. The van der Waals surface area contributed by atoms with Gasteiger partial charge < -0.3 is 10.0 Å². The Morgan fingerprint density at radius 2 is 2.11 bits per heavy atom. The van der Waals surface area contributed by atoms with E-state index < -0.39 is 34.0 Å². The van der Waals surface area contributed by atoms with Crippen LogP contribution in [0.15, 0.2) is 0 Å². The topological polar surface area (TPSA) is 104 Å². The Balaban J connectivity index is 2.69. The summed E-state index contributed by atoms with van der Waals surface area (Å²) in [5, 5.41) is 9.00. The van der Waals surface area contributed by atoms with E-state index in [0.29, 0.717) is 25.8 Å². The van der Waals surface area contributed by atoms with Crippen LogP contribution >= 0.6 is 0 Å². The van der Waals surface area contributed by atoms with Crippen LogP contribution < -0.4 is 4.72 Å². The molecule has 1 saturated heterocycles. The zero-order valence-electron chi connectivity index (χ0n) is 11.1. The third kappa shape index (κ3) is 4.17. The fraction of sp³-hybridized carbons (Fsp3) is 0.818. The predicted octanol–water partition coefficient (Wildman–Crippen LogP) is -0.220. The molecule has 0 aliphatic carbocycles. The zero-order chi connectivity index (χ0) is 14.6. The summed E-state index contributed by atoms with van der Waals surface area (Å²) in [7, 11) is -3.49. The van der Waals surface area contributed by atoms with Crippen LogP contribution in [0.4, 0.5) is 0 Å². The number of hydrogen-bond donors (Lipinski definition) is 2. The molecule has 2 N–H and O–H groups in total. The maximum atomic E-state index is 12.1. The highest BCUT2D eigenvalue weighted by Gasteiger charge is 2.36. The van der Waals surface area contributed by atoms with Crippen molar-refractivity contribution < 1.29 is 23.1 Å². The van der Waals surface area contributed by atoms with Crippen LogP contribution in [-0.2, 0) is 19.6 Å². The summed E-state index contributed by atoms with van der Waals surface area (Å²) in [5.41, 5.74) is 0. The minimum atomic E-state index is -3.49. The number of sulfonamides is 1. The fourth-order valence-electron chi connectivity index (χ4n) is 2.18. The lowest BCUT2D eigenvalue weighted by atomic mass is 10.2. The van der Waals surface area contributed by atoms with E-state index in [1.165, 1.54) is 11.8 Å². The number of amides is 1. The van der Waals surface area contributed by atoms with Gasteiger partial charge in [-0.05, 0) is 26.2 Å². The molecule has 0 aromatic carbocycles. The molecule has 0 bridgehead atoms. The number of nitrogens with one attached hydrogen (secondary N) is 1. The van der Waals surface area contributed by atoms with Crippen molar-refractivity contribution in [1.82, 2.24) is 9.62 Å². The van der Waals surface area contributed by atoms with E-state index in [9.17, 15) is 18.0 Å². The lowest BCUT2D eigenvalue weighted by molar-refractivity contribution is -0.148. The number of carbonyl (C=O) groups excluding carboxylic acids is 1. The van der Waals surface area contributed by atoms with Crippen LogP contribution in [0, 0.1) is 0 Å². The van der Waals surface area contributed by atoms with E-state index in [1.54, 1.807) is 6.92 Å². The second kappa shape index (κ2) is 6.33. The molecule has 1 rings (SSSR count). The van der Waals surface area contributed by atoms with Gasteiger partial charge in [0, 0.05) is 6.54 Å².